The summed E-state index contributed by atoms with van der Waals surface area (Å²) >= 11 is 5.90. The van der Waals surface area contributed by atoms with Gasteiger partial charge in [-0.1, -0.05) is 49.1 Å². The molecular formula is C22H26ClNO4S. The number of carbonyl (C=O) groups excluding carboxylic acids is 1. The monoisotopic (exact) mass is 435 g/mol. The lowest BCUT2D eigenvalue weighted by atomic mass is 10.0. The number of nitrogens with one attached hydrogen (secondary N) is 1. The first kappa shape index (κ1) is 21.7. The number of rotatable bonds is 8. The molecule has 0 bridgehead atoms. The average molecular weight is 436 g/mol. The minimum atomic E-state index is -3.17. The molecular weight excluding hydrogens is 410 g/mol. The summed E-state index contributed by atoms with van der Waals surface area (Å²) in [4.78, 5) is 12.2. The molecule has 1 aliphatic rings. The van der Waals surface area contributed by atoms with Gasteiger partial charge in [0.1, 0.15) is 5.75 Å². The van der Waals surface area contributed by atoms with Crippen molar-refractivity contribution in [3.63, 3.8) is 0 Å². The molecule has 0 aromatic heterocycles. The Kier molecular flexibility index (Phi) is 7.56. The number of hydrogen-bond acceptors (Lipinski definition) is 4. The second-order valence-corrected chi connectivity index (χ2v) is 10.1. The molecule has 0 aliphatic heterocycles. The molecule has 1 N–H and O–H groups in total. The number of hydrogen-bond donors (Lipinski definition) is 1. The van der Waals surface area contributed by atoms with E-state index >= 15 is 0 Å². The molecule has 1 aliphatic carbocycles. The smallest absolute Gasteiger partial charge is 0.227 e. The van der Waals surface area contributed by atoms with Gasteiger partial charge < -0.3 is 10.1 Å². The zero-order chi connectivity index (χ0) is 20.7. The molecule has 0 unspecified atom stereocenters. The van der Waals surface area contributed by atoms with Gasteiger partial charge in [-0.2, -0.15) is 0 Å². The third-order valence-corrected chi connectivity index (χ3v) is 7.49. The number of carbonyl (C=O) groups is 1. The lowest BCUT2D eigenvalue weighted by Crippen LogP contribution is -2.25. The molecule has 29 heavy (non-hydrogen) atoms. The second-order valence-electron chi connectivity index (χ2n) is 7.37. The Morgan fingerprint density at radius 1 is 1.07 bits per heavy atom. The van der Waals surface area contributed by atoms with E-state index in [1.54, 1.807) is 48.5 Å². The summed E-state index contributed by atoms with van der Waals surface area (Å²) in [5.74, 6) is 0.429. The zero-order valence-corrected chi connectivity index (χ0v) is 17.8. The van der Waals surface area contributed by atoms with E-state index in [0.717, 1.165) is 32.1 Å². The van der Waals surface area contributed by atoms with Gasteiger partial charge in [-0.05, 0) is 48.7 Å². The van der Waals surface area contributed by atoms with E-state index in [9.17, 15) is 13.2 Å². The highest BCUT2D eigenvalue weighted by Gasteiger charge is 2.27. The van der Waals surface area contributed by atoms with Crippen LogP contribution in [0.25, 0.3) is 0 Å². The van der Waals surface area contributed by atoms with E-state index in [1.165, 1.54) is 0 Å². The van der Waals surface area contributed by atoms with Crippen molar-refractivity contribution in [3.8, 4) is 5.75 Å². The van der Waals surface area contributed by atoms with Crippen molar-refractivity contribution in [2.75, 3.05) is 11.9 Å². The Morgan fingerprint density at radius 3 is 2.59 bits per heavy atom. The van der Waals surface area contributed by atoms with Gasteiger partial charge in [0.15, 0.2) is 9.84 Å². The predicted octanol–water partition coefficient (Wildman–Crippen LogP) is 5.00. The van der Waals surface area contributed by atoms with Gasteiger partial charge in [-0.15, -0.1) is 0 Å². The van der Waals surface area contributed by atoms with Crippen molar-refractivity contribution < 1.29 is 17.9 Å². The van der Waals surface area contributed by atoms with Crippen molar-refractivity contribution in [1.82, 2.24) is 0 Å². The van der Waals surface area contributed by atoms with Gasteiger partial charge in [-0.3, -0.25) is 4.79 Å². The molecule has 3 rings (SSSR count). The van der Waals surface area contributed by atoms with Gasteiger partial charge in [0.25, 0.3) is 0 Å². The van der Waals surface area contributed by atoms with E-state index in [1.807, 2.05) is 0 Å². The molecule has 7 heteroatoms. The number of ether oxygens (including phenoxy) is 1. The van der Waals surface area contributed by atoms with Crippen LogP contribution in [0, 0.1) is 0 Å². The second kappa shape index (κ2) is 10.1. The Hall–Kier alpha value is -2.05. The zero-order valence-electron chi connectivity index (χ0n) is 16.3. The fourth-order valence-electron chi connectivity index (χ4n) is 3.56. The lowest BCUT2D eigenvalue weighted by Gasteiger charge is -2.21. The van der Waals surface area contributed by atoms with E-state index in [-0.39, 0.29) is 29.9 Å². The lowest BCUT2D eigenvalue weighted by molar-refractivity contribution is -0.116. The van der Waals surface area contributed by atoms with Crippen molar-refractivity contribution >= 4 is 33.0 Å². The summed E-state index contributed by atoms with van der Waals surface area (Å²) in [6.45, 7) is 0.224. The van der Waals surface area contributed by atoms with Crippen LogP contribution in [-0.4, -0.2) is 26.2 Å². The topological polar surface area (TPSA) is 72.5 Å². The van der Waals surface area contributed by atoms with Crippen LogP contribution in [-0.2, 0) is 20.4 Å². The standard InChI is InChI=1S/C22H26ClNO4S/c23-18-7-5-9-20(15-18)28-13-12-22(25)24-19-8-4-6-17(14-19)16-29(26,27)21-10-2-1-3-11-21/h4-9,14-15,21H,1-3,10-13,16H2,(H,24,25). The van der Waals surface area contributed by atoms with Gasteiger partial charge in [0.05, 0.1) is 24.0 Å². The van der Waals surface area contributed by atoms with E-state index in [4.69, 9.17) is 16.3 Å². The van der Waals surface area contributed by atoms with Crippen LogP contribution in [0.2, 0.25) is 5.02 Å². The van der Waals surface area contributed by atoms with Crippen molar-refractivity contribution in [2.24, 2.45) is 0 Å². The number of benzene rings is 2. The highest BCUT2D eigenvalue weighted by Crippen LogP contribution is 2.26. The summed E-state index contributed by atoms with van der Waals surface area (Å²) in [6.07, 6.45) is 4.77. The number of anilines is 1. The van der Waals surface area contributed by atoms with Gasteiger partial charge in [0.2, 0.25) is 5.91 Å². The van der Waals surface area contributed by atoms with Gasteiger partial charge in [-0.25, -0.2) is 8.42 Å². The summed E-state index contributed by atoms with van der Waals surface area (Å²) in [6, 6.07) is 14.0. The molecule has 2 aromatic carbocycles. The molecule has 1 amide bonds. The molecule has 1 fully saturated rings. The van der Waals surface area contributed by atoms with E-state index < -0.39 is 9.84 Å². The molecule has 0 radical (unpaired) electrons. The van der Waals surface area contributed by atoms with Crippen molar-refractivity contribution in [3.05, 3.63) is 59.1 Å². The minimum absolute atomic E-state index is 0.0131. The number of sulfone groups is 1. The fourth-order valence-corrected chi connectivity index (χ4v) is 5.67. The van der Waals surface area contributed by atoms with Crippen LogP contribution < -0.4 is 10.1 Å². The summed E-state index contributed by atoms with van der Waals surface area (Å²) in [5, 5.41) is 3.14. The van der Waals surface area contributed by atoms with E-state index in [0.29, 0.717) is 22.0 Å². The van der Waals surface area contributed by atoms with Crippen LogP contribution in [0.5, 0.6) is 5.75 Å². The highest BCUT2D eigenvalue weighted by molar-refractivity contribution is 7.91. The average Bonchev–Trinajstić information content (AvgIpc) is 2.69. The summed E-state index contributed by atoms with van der Waals surface area (Å²) in [5.41, 5.74) is 1.29. The van der Waals surface area contributed by atoms with E-state index in [2.05, 4.69) is 5.32 Å². The van der Waals surface area contributed by atoms with Crippen LogP contribution in [0.3, 0.4) is 0 Å². The van der Waals surface area contributed by atoms with Crippen molar-refractivity contribution in [1.29, 1.82) is 0 Å². The highest BCUT2D eigenvalue weighted by atomic mass is 35.5. The Bertz CT molecular complexity index is 939. The maximum absolute atomic E-state index is 12.7. The quantitative estimate of drug-likeness (QED) is 0.633. The molecule has 2 aromatic rings. The Morgan fingerprint density at radius 2 is 1.83 bits per heavy atom. The number of amides is 1. The van der Waals surface area contributed by atoms with Crippen LogP contribution in [0.1, 0.15) is 44.1 Å². The maximum atomic E-state index is 12.7. The van der Waals surface area contributed by atoms with Crippen molar-refractivity contribution in [2.45, 2.75) is 49.5 Å². The molecule has 156 valence electrons. The molecule has 1 saturated carbocycles. The normalized spacial score (nSPS) is 15.1. The fraction of sp³-hybridized carbons (Fsp3) is 0.409. The van der Waals surface area contributed by atoms with Crippen LogP contribution in [0.15, 0.2) is 48.5 Å². The number of halogens is 1. The molecule has 0 saturated heterocycles. The largest absolute Gasteiger partial charge is 0.493 e. The molecule has 0 spiro atoms. The first-order valence-electron chi connectivity index (χ1n) is 9.91. The summed E-state index contributed by atoms with van der Waals surface area (Å²) in [7, 11) is -3.17. The van der Waals surface area contributed by atoms with Gasteiger partial charge >= 0.3 is 0 Å². The van der Waals surface area contributed by atoms with Crippen LogP contribution in [0.4, 0.5) is 5.69 Å². The molecule has 5 nitrogen and oxygen atoms in total. The molecule has 0 atom stereocenters. The Balaban J connectivity index is 1.51. The SMILES string of the molecule is O=C(CCOc1cccc(Cl)c1)Nc1cccc(CS(=O)(=O)C2CCCCC2)c1. The third-order valence-electron chi connectivity index (χ3n) is 5.03. The van der Waals surface area contributed by atoms with Crippen LogP contribution >= 0.6 is 11.6 Å². The Labute approximate surface area is 177 Å². The first-order valence-corrected chi connectivity index (χ1v) is 12.0. The minimum Gasteiger partial charge on any atom is -0.493 e. The molecule has 0 heterocycles. The summed E-state index contributed by atoms with van der Waals surface area (Å²) < 4.78 is 30.9. The first-order chi connectivity index (χ1) is 13.9. The predicted molar refractivity (Wildman–Crippen MR) is 116 cm³/mol. The third kappa shape index (κ3) is 6.75. The maximum Gasteiger partial charge on any atom is 0.227 e. The van der Waals surface area contributed by atoms with Gasteiger partial charge in [0, 0.05) is 10.7 Å².